The van der Waals surface area contributed by atoms with E-state index in [-0.39, 0.29) is 18.2 Å². The number of halogens is 1. The minimum Gasteiger partial charge on any atom is -0.338 e. The summed E-state index contributed by atoms with van der Waals surface area (Å²) in [5, 5.41) is 4.47. The molecule has 1 aromatic heterocycles. The van der Waals surface area contributed by atoms with Crippen molar-refractivity contribution in [3.05, 3.63) is 70.6 Å². The third-order valence-corrected chi connectivity index (χ3v) is 5.12. The van der Waals surface area contributed by atoms with Crippen molar-refractivity contribution in [2.45, 2.75) is 19.2 Å². The van der Waals surface area contributed by atoms with Crippen molar-refractivity contribution < 1.29 is 12.9 Å². The summed E-state index contributed by atoms with van der Waals surface area (Å²) in [5.41, 5.74) is 2.50. The molecule has 0 aliphatic rings. The SMILES string of the molecule is Cc1ccccc1-c1noc(CNS(=O)(=O)Cc2ccc(Cl)cc2)n1. The molecular weight excluding hydrogens is 362 g/mol. The number of aryl methyl sites for hydroxylation is 1. The normalized spacial score (nSPS) is 11.6. The molecule has 0 saturated heterocycles. The monoisotopic (exact) mass is 377 g/mol. The van der Waals surface area contributed by atoms with Gasteiger partial charge in [-0.05, 0) is 30.2 Å². The van der Waals surface area contributed by atoms with Gasteiger partial charge in [-0.2, -0.15) is 4.98 Å². The number of hydrogen-bond donors (Lipinski definition) is 1. The zero-order valence-electron chi connectivity index (χ0n) is 13.4. The highest BCUT2D eigenvalue weighted by atomic mass is 35.5. The summed E-state index contributed by atoms with van der Waals surface area (Å²) in [7, 11) is -3.53. The van der Waals surface area contributed by atoms with E-state index in [1.807, 2.05) is 31.2 Å². The van der Waals surface area contributed by atoms with Gasteiger partial charge in [0, 0.05) is 10.6 Å². The maximum Gasteiger partial charge on any atom is 0.242 e. The second kappa shape index (κ2) is 7.35. The lowest BCUT2D eigenvalue weighted by Crippen LogP contribution is -2.24. The zero-order valence-corrected chi connectivity index (χ0v) is 15.0. The van der Waals surface area contributed by atoms with Crippen molar-refractivity contribution in [1.29, 1.82) is 0 Å². The first kappa shape index (κ1) is 17.6. The molecule has 3 aromatic rings. The van der Waals surface area contributed by atoms with Gasteiger partial charge in [0.25, 0.3) is 0 Å². The fraction of sp³-hybridized carbons (Fsp3) is 0.176. The summed E-state index contributed by atoms with van der Waals surface area (Å²) in [5.74, 6) is 0.492. The van der Waals surface area contributed by atoms with Gasteiger partial charge in [0.15, 0.2) is 0 Å². The Labute approximate surface area is 150 Å². The molecule has 0 bridgehead atoms. The summed E-state index contributed by atoms with van der Waals surface area (Å²) in [6, 6.07) is 14.3. The quantitative estimate of drug-likeness (QED) is 0.712. The highest BCUT2D eigenvalue weighted by molar-refractivity contribution is 7.88. The Morgan fingerprint density at radius 2 is 1.84 bits per heavy atom. The largest absolute Gasteiger partial charge is 0.338 e. The number of rotatable bonds is 6. The lowest BCUT2D eigenvalue weighted by Gasteiger charge is -2.04. The van der Waals surface area contributed by atoms with E-state index in [9.17, 15) is 8.42 Å². The van der Waals surface area contributed by atoms with E-state index in [2.05, 4.69) is 14.9 Å². The smallest absolute Gasteiger partial charge is 0.242 e. The van der Waals surface area contributed by atoms with Gasteiger partial charge in [0.2, 0.25) is 21.7 Å². The van der Waals surface area contributed by atoms with Crippen LogP contribution >= 0.6 is 11.6 Å². The van der Waals surface area contributed by atoms with E-state index in [1.54, 1.807) is 24.3 Å². The molecule has 1 N–H and O–H groups in total. The maximum absolute atomic E-state index is 12.2. The Morgan fingerprint density at radius 1 is 1.12 bits per heavy atom. The van der Waals surface area contributed by atoms with Crippen LogP contribution in [-0.2, 0) is 22.3 Å². The van der Waals surface area contributed by atoms with Crippen molar-refractivity contribution >= 4 is 21.6 Å². The summed E-state index contributed by atoms with van der Waals surface area (Å²) in [6.45, 7) is 1.88. The molecular formula is C17H16ClN3O3S. The molecule has 1 heterocycles. The summed E-state index contributed by atoms with van der Waals surface area (Å²) in [6.07, 6.45) is 0. The number of sulfonamides is 1. The number of nitrogens with one attached hydrogen (secondary N) is 1. The molecule has 3 rings (SSSR count). The van der Waals surface area contributed by atoms with Gasteiger partial charge in [-0.15, -0.1) is 0 Å². The molecule has 0 spiro atoms. The number of aromatic nitrogens is 2. The third-order valence-electron chi connectivity index (χ3n) is 3.57. The van der Waals surface area contributed by atoms with Crippen molar-refractivity contribution in [2.75, 3.05) is 0 Å². The molecule has 0 atom stereocenters. The minimum atomic E-state index is -3.53. The van der Waals surface area contributed by atoms with Gasteiger partial charge in [0.05, 0.1) is 12.3 Å². The van der Waals surface area contributed by atoms with Crippen LogP contribution in [0, 0.1) is 6.92 Å². The Bertz CT molecular complexity index is 969. The van der Waals surface area contributed by atoms with Crippen molar-refractivity contribution in [3.8, 4) is 11.4 Å². The van der Waals surface area contributed by atoms with Crippen LogP contribution in [0.25, 0.3) is 11.4 Å². The van der Waals surface area contributed by atoms with Gasteiger partial charge in [-0.25, -0.2) is 13.1 Å². The van der Waals surface area contributed by atoms with E-state index in [0.717, 1.165) is 11.1 Å². The van der Waals surface area contributed by atoms with Crippen LogP contribution in [0.5, 0.6) is 0 Å². The molecule has 25 heavy (non-hydrogen) atoms. The van der Waals surface area contributed by atoms with Gasteiger partial charge in [-0.1, -0.05) is 53.2 Å². The molecule has 6 nitrogen and oxygen atoms in total. The molecule has 0 radical (unpaired) electrons. The summed E-state index contributed by atoms with van der Waals surface area (Å²) in [4.78, 5) is 4.24. The second-order valence-corrected chi connectivity index (χ2v) is 7.78. The highest BCUT2D eigenvalue weighted by Gasteiger charge is 2.15. The van der Waals surface area contributed by atoms with Crippen LogP contribution < -0.4 is 4.72 Å². The van der Waals surface area contributed by atoms with Crippen molar-refractivity contribution in [1.82, 2.24) is 14.9 Å². The Morgan fingerprint density at radius 3 is 2.56 bits per heavy atom. The summed E-state index contributed by atoms with van der Waals surface area (Å²) >= 11 is 5.80. The first-order valence-corrected chi connectivity index (χ1v) is 9.56. The number of hydrogen-bond acceptors (Lipinski definition) is 5. The predicted octanol–water partition coefficient (Wildman–Crippen LogP) is 3.32. The first-order chi connectivity index (χ1) is 11.9. The predicted molar refractivity (Wildman–Crippen MR) is 95.4 cm³/mol. The van der Waals surface area contributed by atoms with Gasteiger partial charge in [-0.3, -0.25) is 0 Å². The van der Waals surface area contributed by atoms with Gasteiger partial charge < -0.3 is 4.52 Å². The first-order valence-electron chi connectivity index (χ1n) is 7.53. The van der Waals surface area contributed by atoms with Crippen molar-refractivity contribution in [3.63, 3.8) is 0 Å². The lowest BCUT2D eigenvalue weighted by molar-refractivity contribution is 0.376. The summed E-state index contributed by atoms with van der Waals surface area (Å²) < 4.78 is 31.9. The van der Waals surface area contributed by atoms with Crippen LogP contribution in [0.1, 0.15) is 17.0 Å². The van der Waals surface area contributed by atoms with Crippen LogP contribution in [0.4, 0.5) is 0 Å². The highest BCUT2D eigenvalue weighted by Crippen LogP contribution is 2.19. The van der Waals surface area contributed by atoms with Crippen LogP contribution in [-0.4, -0.2) is 18.6 Å². The fourth-order valence-electron chi connectivity index (χ4n) is 2.28. The number of benzene rings is 2. The zero-order chi connectivity index (χ0) is 17.9. The fourth-order valence-corrected chi connectivity index (χ4v) is 3.49. The van der Waals surface area contributed by atoms with E-state index >= 15 is 0 Å². The Kier molecular flexibility index (Phi) is 5.17. The Hall–Kier alpha value is -2.22. The lowest BCUT2D eigenvalue weighted by atomic mass is 10.1. The minimum absolute atomic E-state index is 0.0607. The average molecular weight is 378 g/mol. The second-order valence-electron chi connectivity index (χ2n) is 5.53. The molecule has 0 aliphatic carbocycles. The van der Waals surface area contributed by atoms with Crippen LogP contribution in [0.3, 0.4) is 0 Å². The average Bonchev–Trinajstić information content (AvgIpc) is 3.04. The molecule has 2 aromatic carbocycles. The molecule has 0 saturated carbocycles. The van der Waals surface area contributed by atoms with E-state index in [4.69, 9.17) is 16.1 Å². The molecule has 0 fully saturated rings. The van der Waals surface area contributed by atoms with E-state index < -0.39 is 10.0 Å². The molecule has 130 valence electrons. The van der Waals surface area contributed by atoms with Crippen molar-refractivity contribution in [2.24, 2.45) is 0 Å². The topological polar surface area (TPSA) is 85.1 Å². The molecule has 0 amide bonds. The van der Waals surface area contributed by atoms with E-state index in [1.165, 1.54) is 0 Å². The maximum atomic E-state index is 12.2. The molecule has 0 unspecified atom stereocenters. The molecule has 0 aliphatic heterocycles. The third kappa shape index (κ3) is 4.66. The Balaban J connectivity index is 1.65. The van der Waals surface area contributed by atoms with Gasteiger partial charge in [0.1, 0.15) is 0 Å². The van der Waals surface area contributed by atoms with Crippen LogP contribution in [0.2, 0.25) is 5.02 Å². The molecule has 8 heteroatoms. The van der Waals surface area contributed by atoms with Gasteiger partial charge >= 0.3 is 0 Å². The number of nitrogens with zero attached hydrogens (tertiary/aromatic N) is 2. The van der Waals surface area contributed by atoms with Crippen LogP contribution in [0.15, 0.2) is 53.1 Å². The van der Waals surface area contributed by atoms with E-state index in [0.29, 0.717) is 16.4 Å². The standard InChI is InChI=1S/C17H16ClN3O3S/c1-12-4-2-3-5-15(12)17-20-16(24-21-17)10-19-25(22,23)11-13-6-8-14(18)9-7-13/h2-9,19H,10-11H2,1H3.